The summed E-state index contributed by atoms with van der Waals surface area (Å²) >= 11 is 0. The van der Waals surface area contributed by atoms with Crippen molar-refractivity contribution < 1.29 is 9.21 Å². The predicted octanol–water partition coefficient (Wildman–Crippen LogP) is 0.954. The number of oxazole rings is 1. The quantitative estimate of drug-likeness (QED) is 0.688. The van der Waals surface area contributed by atoms with Crippen molar-refractivity contribution in [3.8, 4) is 0 Å². The molecule has 0 radical (unpaired) electrons. The Morgan fingerprint density at radius 3 is 3.00 bits per heavy atom. The van der Waals surface area contributed by atoms with E-state index in [2.05, 4.69) is 10.3 Å². The first kappa shape index (κ1) is 8.44. The molecule has 0 atom stereocenters. The molecular formula is C9H12N2O2. The average Bonchev–Trinajstić information content (AvgIpc) is 2.67. The van der Waals surface area contributed by atoms with Crippen LogP contribution in [-0.2, 0) is 0 Å². The highest BCUT2D eigenvalue weighted by atomic mass is 16.3. The molecule has 4 heteroatoms. The Morgan fingerprint density at radius 2 is 2.31 bits per heavy atom. The van der Waals surface area contributed by atoms with Crippen LogP contribution >= 0.6 is 0 Å². The van der Waals surface area contributed by atoms with E-state index in [0.717, 1.165) is 38.0 Å². The Morgan fingerprint density at radius 1 is 1.54 bits per heavy atom. The molecule has 1 N–H and O–H groups in total. The Hall–Kier alpha value is -1.16. The van der Waals surface area contributed by atoms with Crippen molar-refractivity contribution in [2.45, 2.75) is 18.8 Å². The largest absolute Gasteiger partial charge is 0.447 e. The third-order valence-corrected chi connectivity index (χ3v) is 2.45. The van der Waals surface area contributed by atoms with Gasteiger partial charge < -0.3 is 9.73 Å². The molecule has 0 aromatic carbocycles. The molecule has 1 aliphatic heterocycles. The van der Waals surface area contributed by atoms with E-state index in [1.165, 1.54) is 6.39 Å². The second-order valence-corrected chi connectivity index (χ2v) is 3.24. The average molecular weight is 180 g/mol. The second-order valence-electron chi connectivity index (χ2n) is 3.24. The molecule has 0 bridgehead atoms. The lowest BCUT2D eigenvalue weighted by Gasteiger charge is -2.20. The van der Waals surface area contributed by atoms with Gasteiger partial charge in [0.1, 0.15) is 11.5 Å². The van der Waals surface area contributed by atoms with Crippen molar-refractivity contribution in [1.29, 1.82) is 0 Å². The monoisotopic (exact) mass is 180 g/mol. The zero-order valence-electron chi connectivity index (χ0n) is 7.32. The van der Waals surface area contributed by atoms with Crippen LogP contribution in [0.1, 0.15) is 35.0 Å². The molecule has 1 saturated heterocycles. The van der Waals surface area contributed by atoms with Crippen molar-refractivity contribution in [2.75, 3.05) is 13.1 Å². The molecule has 1 aromatic rings. The zero-order valence-corrected chi connectivity index (χ0v) is 7.32. The van der Waals surface area contributed by atoms with Crippen LogP contribution in [-0.4, -0.2) is 24.4 Å². The summed E-state index contributed by atoms with van der Waals surface area (Å²) in [4.78, 5) is 14.4. The Balaban J connectivity index is 2.17. The van der Waals surface area contributed by atoms with Gasteiger partial charge in [-0.1, -0.05) is 0 Å². The number of aldehydes is 1. The summed E-state index contributed by atoms with van der Waals surface area (Å²) in [7, 11) is 0. The first-order valence-corrected chi connectivity index (χ1v) is 4.51. The lowest BCUT2D eigenvalue weighted by Crippen LogP contribution is -2.26. The summed E-state index contributed by atoms with van der Waals surface area (Å²) in [6.07, 6.45) is 4.16. The van der Waals surface area contributed by atoms with Crippen molar-refractivity contribution >= 4 is 6.29 Å². The van der Waals surface area contributed by atoms with Gasteiger partial charge in [0.2, 0.25) is 0 Å². The van der Waals surface area contributed by atoms with Crippen LogP contribution in [0.2, 0.25) is 0 Å². The van der Waals surface area contributed by atoms with E-state index in [1.54, 1.807) is 0 Å². The molecule has 1 aliphatic rings. The van der Waals surface area contributed by atoms with Crippen LogP contribution in [0.5, 0.6) is 0 Å². The predicted molar refractivity (Wildman–Crippen MR) is 46.7 cm³/mol. The minimum absolute atomic E-state index is 0.365. The number of hydrogen-bond donors (Lipinski definition) is 1. The molecule has 4 nitrogen and oxygen atoms in total. The Bertz CT molecular complexity index is 290. The minimum atomic E-state index is 0.365. The molecular weight excluding hydrogens is 168 g/mol. The zero-order chi connectivity index (χ0) is 9.10. The van der Waals surface area contributed by atoms with E-state index in [0.29, 0.717) is 11.6 Å². The van der Waals surface area contributed by atoms with Gasteiger partial charge in [0.15, 0.2) is 12.7 Å². The highest BCUT2D eigenvalue weighted by molar-refractivity contribution is 5.73. The molecule has 0 spiro atoms. The molecule has 0 saturated carbocycles. The number of carbonyl (C=O) groups excluding carboxylic acids is 1. The van der Waals surface area contributed by atoms with Crippen molar-refractivity contribution in [3.63, 3.8) is 0 Å². The maximum Gasteiger partial charge on any atom is 0.181 e. The highest BCUT2D eigenvalue weighted by Gasteiger charge is 2.21. The third kappa shape index (κ3) is 1.62. The van der Waals surface area contributed by atoms with Crippen LogP contribution in [0.25, 0.3) is 0 Å². The van der Waals surface area contributed by atoms with Crippen LogP contribution in [0.3, 0.4) is 0 Å². The highest BCUT2D eigenvalue weighted by Crippen LogP contribution is 2.26. The molecule has 1 aromatic heterocycles. The van der Waals surface area contributed by atoms with Gasteiger partial charge >= 0.3 is 0 Å². The first-order valence-electron chi connectivity index (χ1n) is 4.51. The second kappa shape index (κ2) is 3.70. The minimum Gasteiger partial charge on any atom is -0.447 e. The summed E-state index contributed by atoms with van der Waals surface area (Å²) in [6.45, 7) is 1.98. The normalized spacial score (nSPS) is 18.8. The number of piperidine rings is 1. The van der Waals surface area contributed by atoms with Gasteiger partial charge in [-0.3, -0.25) is 4.79 Å². The first-order chi connectivity index (χ1) is 6.42. The van der Waals surface area contributed by atoms with Crippen LogP contribution < -0.4 is 5.32 Å². The fourth-order valence-corrected chi connectivity index (χ4v) is 1.74. The number of nitrogens with zero attached hydrogens (tertiary/aromatic N) is 1. The Labute approximate surface area is 76.3 Å². The smallest absolute Gasteiger partial charge is 0.181 e. The van der Waals surface area contributed by atoms with E-state index in [9.17, 15) is 4.79 Å². The molecule has 2 heterocycles. The van der Waals surface area contributed by atoms with Gasteiger partial charge in [-0.15, -0.1) is 0 Å². The third-order valence-electron chi connectivity index (χ3n) is 2.45. The molecule has 13 heavy (non-hydrogen) atoms. The number of rotatable bonds is 2. The van der Waals surface area contributed by atoms with E-state index in [-0.39, 0.29) is 0 Å². The molecule has 2 rings (SSSR count). The number of nitrogens with one attached hydrogen (secondary N) is 1. The summed E-state index contributed by atoms with van der Waals surface area (Å²) < 4.78 is 5.22. The maximum atomic E-state index is 10.6. The van der Waals surface area contributed by atoms with Crippen molar-refractivity contribution in [2.24, 2.45) is 0 Å². The fourth-order valence-electron chi connectivity index (χ4n) is 1.74. The number of carbonyl (C=O) groups is 1. The Kier molecular flexibility index (Phi) is 2.40. The van der Waals surface area contributed by atoms with E-state index < -0.39 is 0 Å². The van der Waals surface area contributed by atoms with E-state index in [1.807, 2.05) is 0 Å². The standard InChI is InChI=1S/C9H12N2O2/c12-5-8-9(13-6-11-8)7-1-3-10-4-2-7/h5-7,10H,1-4H2. The van der Waals surface area contributed by atoms with Crippen LogP contribution in [0.15, 0.2) is 10.8 Å². The lowest BCUT2D eigenvalue weighted by atomic mass is 9.94. The maximum absolute atomic E-state index is 10.6. The summed E-state index contributed by atoms with van der Waals surface area (Å²) in [6, 6.07) is 0. The fraction of sp³-hybridized carbons (Fsp3) is 0.556. The summed E-state index contributed by atoms with van der Waals surface area (Å²) in [5.74, 6) is 1.13. The lowest BCUT2D eigenvalue weighted by molar-refractivity contribution is 0.111. The van der Waals surface area contributed by atoms with Crippen LogP contribution in [0, 0.1) is 0 Å². The molecule has 0 aliphatic carbocycles. The van der Waals surface area contributed by atoms with Gasteiger partial charge in [0, 0.05) is 5.92 Å². The van der Waals surface area contributed by atoms with Crippen molar-refractivity contribution in [1.82, 2.24) is 10.3 Å². The number of hydrogen-bond acceptors (Lipinski definition) is 4. The van der Waals surface area contributed by atoms with E-state index in [4.69, 9.17) is 4.42 Å². The van der Waals surface area contributed by atoms with Gasteiger partial charge in [-0.05, 0) is 25.9 Å². The SMILES string of the molecule is O=Cc1ncoc1C1CCNCC1. The van der Waals surface area contributed by atoms with Crippen molar-refractivity contribution in [3.05, 3.63) is 17.8 Å². The van der Waals surface area contributed by atoms with Gasteiger partial charge in [0.05, 0.1) is 0 Å². The summed E-state index contributed by atoms with van der Waals surface area (Å²) in [5, 5.41) is 3.26. The molecule has 1 fully saturated rings. The van der Waals surface area contributed by atoms with Gasteiger partial charge in [-0.2, -0.15) is 0 Å². The summed E-state index contributed by atoms with van der Waals surface area (Å²) in [5.41, 5.74) is 0.465. The van der Waals surface area contributed by atoms with Crippen LogP contribution in [0.4, 0.5) is 0 Å². The molecule has 0 amide bonds. The number of aromatic nitrogens is 1. The van der Waals surface area contributed by atoms with Gasteiger partial charge in [0.25, 0.3) is 0 Å². The van der Waals surface area contributed by atoms with E-state index >= 15 is 0 Å². The van der Waals surface area contributed by atoms with Gasteiger partial charge in [-0.25, -0.2) is 4.98 Å². The molecule has 70 valence electrons. The molecule has 0 unspecified atom stereocenters. The topological polar surface area (TPSA) is 55.1 Å².